The number of nitrogens with zero attached hydrogens (tertiary/aromatic N) is 2. The number of amides is 1. The number of hydrogen-bond donors (Lipinski definition) is 1. The standard InChI is InChI=1S/C26H36N2O2S/c1-20(2)23-7-8-24(31-23)25(30)28-13-4-10-26(19-28)11-14-27(15-12-26)18-22-6-3-5-21(17-22)9-16-29/h3,5-8,17,20,29H,4,9-16,18-19H2,1-2H3. The van der Waals surface area contributed by atoms with Crippen molar-refractivity contribution >= 4 is 17.2 Å². The lowest BCUT2D eigenvalue weighted by molar-refractivity contribution is 0.0200. The molecule has 0 bridgehead atoms. The molecule has 1 aromatic carbocycles. The first kappa shape index (κ1) is 22.5. The van der Waals surface area contributed by atoms with E-state index in [4.69, 9.17) is 0 Å². The maximum atomic E-state index is 13.2. The topological polar surface area (TPSA) is 43.8 Å². The lowest BCUT2D eigenvalue weighted by Gasteiger charge is -2.47. The van der Waals surface area contributed by atoms with Crippen LogP contribution in [-0.4, -0.2) is 53.6 Å². The van der Waals surface area contributed by atoms with Gasteiger partial charge in [-0.3, -0.25) is 9.69 Å². The third-order valence-corrected chi connectivity index (χ3v) is 8.44. The predicted molar refractivity (Wildman–Crippen MR) is 128 cm³/mol. The Hall–Kier alpha value is -1.69. The van der Waals surface area contributed by atoms with Crippen LogP contribution >= 0.6 is 11.3 Å². The van der Waals surface area contributed by atoms with Gasteiger partial charge in [0.15, 0.2) is 0 Å². The van der Waals surface area contributed by atoms with Gasteiger partial charge in [-0.15, -0.1) is 11.3 Å². The van der Waals surface area contributed by atoms with Gasteiger partial charge in [-0.2, -0.15) is 0 Å². The molecule has 5 heteroatoms. The van der Waals surface area contributed by atoms with E-state index < -0.39 is 0 Å². The second-order valence-corrected chi connectivity index (χ2v) is 10.9. The molecule has 2 aliphatic rings. The van der Waals surface area contributed by atoms with Crippen molar-refractivity contribution in [1.82, 2.24) is 9.80 Å². The number of thiophene rings is 1. The number of piperidine rings is 2. The van der Waals surface area contributed by atoms with E-state index in [1.807, 2.05) is 6.07 Å². The largest absolute Gasteiger partial charge is 0.396 e. The van der Waals surface area contributed by atoms with Crippen LogP contribution in [0.4, 0.5) is 0 Å². The molecule has 1 amide bonds. The average Bonchev–Trinajstić information content (AvgIpc) is 3.26. The summed E-state index contributed by atoms with van der Waals surface area (Å²) < 4.78 is 0. The summed E-state index contributed by atoms with van der Waals surface area (Å²) in [5.41, 5.74) is 2.84. The van der Waals surface area contributed by atoms with Crippen LogP contribution in [0.1, 0.15) is 71.1 Å². The molecule has 2 aromatic rings. The minimum atomic E-state index is 0.204. The minimum Gasteiger partial charge on any atom is -0.396 e. The number of likely N-dealkylation sites (tertiary alicyclic amines) is 2. The van der Waals surface area contributed by atoms with Crippen LogP contribution < -0.4 is 0 Å². The fourth-order valence-corrected chi connectivity index (χ4v) is 6.16. The van der Waals surface area contributed by atoms with E-state index in [1.165, 1.54) is 35.3 Å². The van der Waals surface area contributed by atoms with Crippen LogP contribution in [0.15, 0.2) is 36.4 Å². The number of rotatable bonds is 6. The molecule has 1 aromatic heterocycles. The minimum absolute atomic E-state index is 0.204. The molecule has 4 rings (SSSR count). The van der Waals surface area contributed by atoms with E-state index in [9.17, 15) is 9.90 Å². The fourth-order valence-electron chi connectivity index (χ4n) is 5.18. The predicted octanol–water partition coefficient (Wildman–Crippen LogP) is 4.92. The molecule has 0 unspecified atom stereocenters. The van der Waals surface area contributed by atoms with E-state index in [0.717, 1.165) is 50.4 Å². The Morgan fingerprint density at radius 3 is 2.58 bits per heavy atom. The Labute approximate surface area is 190 Å². The Balaban J connectivity index is 1.34. The molecule has 1 N–H and O–H groups in total. The number of carbonyl (C=O) groups excluding carboxylic acids is 1. The van der Waals surface area contributed by atoms with Crippen molar-refractivity contribution in [1.29, 1.82) is 0 Å². The molecule has 3 heterocycles. The lowest BCUT2D eigenvalue weighted by Crippen LogP contribution is -2.50. The molecule has 0 aliphatic carbocycles. The van der Waals surface area contributed by atoms with Crippen molar-refractivity contribution in [3.8, 4) is 0 Å². The fraction of sp³-hybridized carbons (Fsp3) is 0.577. The normalized spacial score (nSPS) is 19.3. The molecular weight excluding hydrogens is 404 g/mol. The maximum absolute atomic E-state index is 13.2. The second-order valence-electron chi connectivity index (χ2n) is 9.76. The van der Waals surface area contributed by atoms with Gasteiger partial charge in [0, 0.05) is 31.1 Å². The molecule has 2 aliphatic heterocycles. The maximum Gasteiger partial charge on any atom is 0.263 e. The molecular formula is C26H36N2O2S. The lowest BCUT2D eigenvalue weighted by atomic mass is 9.72. The van der Waals surface area contributed by atoms with E-state index in [1.54, 1.807) is 11.3 Å². The molecule has 2 fully saturated rings. The SMILES string of the molecule is CC(C)c1ccc(C(=O)N2CCCC3(CCN(Cc4cccc(CCO)c4)CC3)C2)s1. The zero-order valence-electron chi connectivity index (χ0n) is 19.0. The third kappa shape index (κ3) is 5.39. The molecule has 0 atom stereocenters. The van der Waals surface area contributed by atoms with Crippen molar-refractivity contribution in [3.05, 3.63) is 57.3 Å². The van der Waals surface area contributed by atoms with Gasteiger partial charge >= 0.3 is 0 Å². The summed E-state index contributed by atoms with van der Waals surface area (Å²) in [6.07, 6.45) is 5.45. The average molecular weight is 441 g/mol. The summed E-state index contributed by atoms with van der Waals surface area (Å²) >= 11 is 1.67. The van der Waals surface area contributed by atoms with E-state index in [0.29, 0.717) is 11.3 Å². The summed E-state index contributed by atoms with van der Waals surface area (Å²) in [7, 11) is 0. The highest BCUT2D eigenvalue weighted by atomic mass is 32.1. The zero-order valence-corrected chi connectivity index (χ0v) is 19.8. The van der Waals surface area contributed by atoms with Crippen LogP contribution in [0.2, 0.25) is 0 Å². The molecule has 4 nitrogen and oxygen atoms in total. The second kappa shape index (κ2) is 9.85. The van der Waals surface area contributed by atoms with Crippen LogP contribution in [0.3, 0.4) is 0 Å². The number of hydrogen-bond acceptors (Lipinski definition) is 4. The summed E-state index contributed by atoms with van der Waals surface area (Å²) in [5.74, 6) is 0.715. The Kier molecular flexibility index (Phi) is 7.15. The third-order valence-electron chi connectivity index (χ3n) is 7.07. The first-order valence-electron chi connectivity index (χ1n) is 11.8. The molecule has 2 saturated heterocycles. The number of carbonyl (C=O) groups is 1. The van der Waals surface area contributed by atoms with Gasteiger partial charge in [-0.1, -0.05) is 38.1 Å². The molecule has 0 saturated carbocycles. The summed E-state index contributed by atoms with van der Waals surface area (Å²) in [5, 5.41) is 9.19. The van der Waals surface area contributed by atoms with Crippen molar-refractivity contribution < 1.29 is 9.90 Å². The van der Waals surface area contributed by atoms with E-state index in [2.05, 4.69) is 54.0 Å². The van der Waals surface area contributed by atoms with Crippen molar-refractivity contribution in [3.63, 3.8) is 0 Å². The van der Waals surface area contributed by atoms with E-state index >= 15 is 0 Å². The Bertz CT molecular complexity index is 883. The van der Waals surface area contributed by atoms with Crippen LogP contribution in [-0.2, 0) is 13.0 Å². The van der Waals surface area contributed by atoms with E-state index in [-0.39, 0.29) is 12.5 Å². The van der Waals surface area contributed by atoms with Gasteiger partial charge in [-0.05, 0) is 79.8 Å². The van der Waals surface area contributed by atoms with Crippen LogP contribution in [0.5, 0.6) is 0 Å². The first-order chi connectivity index (χ1) is 15.0. The number of aliphatic hydroxyl groups is 1. The highest BCUT2D eigenvalue weighted by Gasteiger charge is 2.40. The quantitative estimate of drug-likeness (QED) is 0.693. The van der Waals surface area contributed by atoms with Crippen molar-refractivity contribution in [2.24, 2.45) is 5.41 Å². The van der Waals surface area contributed by atoms with Gasteiger partial charge in [0.05, 0.1) is 4.88 Å². The number of aliphatic hydroxyl groups excluding tert-OH is 1. The first-order valence-corrected chi connectivity index (χ1v) is 12.6. The molecule has 31 heavy (non-hydrogen) atoms. The highest BCUT2D eigenvalue weighted by molar-refractivity contribution is 7.14. The Morgan fingerprint density at radius 1 is 1.10 bits per heavy atom. The summed E-state index contributed by atoms with van der Waals surface area (Å²) in [6.45, 7) is 9.57. The van der Waals surface area contributed by atoms with Crippen molar-refractivity contribution in [2.45, 2.75) is 58.4 Å². The van der Waals surface area contributed by atoms with Gasteiger partial charge in [0.2, 0.25) is 0 Å². The molecule has 1 spiro atoms. The van der Waals surface area contributed by atoms with Gasteiger partial charge in [-0.25, -0.2) is 0 Å². The van der Waals surface area contributed by atoms with Crippen molar-refractivity contribution in [2.75, 3.05) is 32.8 Å². The molecule has 168 valence electrons. The Morgan fingerprint density at radius 2 is 1.87 bits per heavy atom. The van der Waals surface area contributed by atoms with Gasteiger partial charge < -0.3 is 10.0 Å². The van der Waals surface area contributed by atoms with Gasteiger partial charge in [0.1, 0.15) is 0 Å². The van der Waals surface area contributed by atoms with Gasteiger partial charge in [0.25, 0.3) is 5.91 Å². The monoisotopic (exact) mass is 440 g/mol. The highest BCUT2D eigenvalue weighted by Crippen LogP contribution is 2.41. The summed E-state index contributed by atoms with van der Waals surface area (Å²) in [6, 6.07) is 12.8. The van der Waals surface area contributed by atoms with Crippen LogP contribution in [0, 0.1) is 5.41 Å². The summed E-state index contributed by atoms with van der Waals surface area (Å²) in [4.78, 5) is 20.0. The molecule has 0 radical (unpaired) electrons. The zero-order chi connectivity index (χ0) is 21.8. The smallest absolute Gasteiger partial charge is 0.263 e. The number of benzene rings is 1. The van der Waals surface area contributed by atoms with Crippen LogP contribution in [0.25, 0.3) is 0 Å².